The van der Waals surface area contributed by atoms with E-state index in [1.54, 1.807) is 18.9 Å². The Kier molecular flexibility index (Phi) is 33.9. The average Bonchev–Trinajstić information content (AvgIpc) is 1.69. The van der Waals surface area contributed by atoms with Gasteiger partial charge in [0.25, 0.3) is 0 Å². The maximum absolute atomic E-state index is 13.5. The van der Waals surface area contributed by atoms with E-state index in [2.05, 4.69) is 83.4 Å². The van der Waals surface area contributed by atoms with Crippen LogP contribution >= 0.6 is 59.2 Å². The number of thiol groups is 1. The highest BCUT2D eigenvalue weighted by Gasteiger charge is 2.52. The molecule has 2 amide bonds. The molecule has 0 aliphatic carbocycles. The number of carbonyl (C=O) groups is 5. The minimum atomic E-state index is -0.220. The third-order valence-electron chi connectivity index (χ3n) is 23.1. The number of thioether (sulfide) groups is 1. The van der Waals surface area contributed by atoms with Crippen LogP contribution in [0.4, 0.5) is 17.1 Å². The molecule has 4 N–H and O–H groups in total. The van der Waals surface area contributed by atoms with Crippen LogP contribution < -0.4 is 21.1 Å². The van der Waals surface area contributed by atoms with Crippen LogP contribution in [0.5, 0.6) is 5.75 Å². The van der Waals surface area contributed by atoms with E-state index in [4.69, 9.17) is 78.4 Å². The van der Waals surface area contributed by atoms with Crippen LogP contribution in [0.3, 0.4) is 0 Å². The highest BCUT2D eigenvalue weighted by Crippen LogP contribution is 2.50. The van der Waals surface area contributed by atoms with Crippen molar-refractivity contribution >= 4 is 106 Å². The van der Waals surface area contributed by atoms with Crippen molar-refractivity contribution in [3.63, 3.8) is 0 Å². The summed E-state index contributed by atoms with van der Waals surface area (Å²) in [6.07, 6.45) is 11.3. The van der Waals surface area contributed by atoms with Crippen molar-refractivity contribution in [3.05, 3.63) is 224 Å². The topological polar surface area (TPSA) is 219 Å². The number of ether oxygens (including phenoxy) is 8. The summed E-state index contributed by atoms with van der Waals surface area (Å²) in [5.41, 5.74) is 15.8. The summed E-state index contributed by atoms with van der Waals surface area (Å²) in [5, 5.41) is 7.80. The van der Waals surface area contributed by atoms with Gasteiger partial charge in [0.05, 0.1) is 84.3 Å². The number of amides is 2. The number of halogens is 3. The molecule has 0 aromatic heterocycles. The highest BCUT2D eigenvalue weighted by molar-refractivity contribution is 7.98. The van der Waals surface area contributed by atoms with E-state index in [0.717, 1.165) is 114 Å². The fourth-order valence-electron chi connectivity index (χ4n) is 17.1. The molecule has 6 saturated heterocycles. The lowest BCUT2D eigenvalue weighted by atomic mass is 9.76. The first kappa shape index (κ1) is 86.6. The SMILES string of the molecule is CN1C2CCC1C(C(=O)OCCc1ccc(N)cc1)C(c1ccc(Cl)cc1)C2.CN1C2CCC1C(C(=O)OCCc1ccc(NC(=O)COCCOCCS)cc1)C(c1ccc(Cl)cc1)C2.COc1ccc(CSCCOCCOCC(=O)Nc2ccc(CCOC(=O)C3C(c4ccc(Cl)cc4)CC4CCC3N4C)cc2)cc1. The van der Waals surface area contributed by atoms with Gasteiger partial charge in [0.1, 0.15) is 19.0 Å². The van der Waals surface area contributed by atoms with Gasteiger partial charge >= 0.3 is 17.9 Å². The Balaban J connectivity index is 0.000000173. The summed E-state index contributed by atoms with van der Waals surface area (Å²) in [5.74, 6) is 2.51. The Morgan fingerprint density at radius 1 is 0.425 bits per heavy atom. The number of hydrogen-bond acceptors (Lipinski definition) is 19. The Hall–Kier alpha value is -7.22. The largest absolute Gasteiger partial charge is 0.497 e. The molecule has 0 saturated carbocycles. The number of methoxy groups -OCH3 is 1. The molecular formula is C89H109Cl3N6O13S2. The van der Waals surface area contributed by atoms with E-state index in [-0.39, 0.29) is 96.6 Å². The number of nitrogens with zero attached hydrogens (tertiary/aromatic N) is 3. The molecule has 24 heteroatoms. The van der Waals surface area contributed by atoms with Gasteiger partial charge in [-0.25, -0.2) is 0 Å². The third-order valence-corrected chi connectivity index (χ3v) is 25.1. The molecule has 6 bridgehead atoms. The average molecular weight is 1640 g/mol. The Labute approximate surface area is 691 Å². The van der Waals surface area contributed by atoms with E-state index in [1.165, 1.54) is 11.1 Å². The predicted octanol–water partition coefficient (Wildman–Crippen LogP) is 15.5. The maximum Gasteiger partial charge on any atom is 0.311 e. The van der Waals surface area contributed by atoms with Gasteiger partial charge in [0.15, 0.2) is 0 Å². The number of fused-ring (bicyclic) bond motifs is 6. The van der Waals surface area contributed by atoms with Gasteiger partial charge in [-0.05, 0) is 203 Å². The van der Waals surface area contributed by atoms with Gasteiger partial charge in [-0.1, -0.05) is 120 Å². The number of hydrogen-bond donors (Lipinski definition) is 4. The highest BCUT2D eigenvalue weighted by atomic mass is 35.5. The van der Waals surface area contributed by atoms with Crippen molar-refractivity contribution in [1.29, 1.82) is 0 Å². The number of piperidine rings is 3. The van der Waals surface area contributed by atoms with Crippen LogP contribution in [0.2, 0.25) is 15.1 Å². The smallest absolute Gasteiger partial charge is 0.311 e. The van der Waals surface area contributed by atoms with Gasteiger partial charge in [-0.15, -0.1) is 0 Å². The molecule has 12 unspecified atom stereocenters. The van der Waals surface area contributed by atoms with Crippen molar-refractivity contribution in [2.75, 3.05) is 129 Å². The van der Waals surface area contributed by atoms with Crippen LogP contribution in [-0.2, 0) is 82.1 Å². The fraction of sp³-hybridized carbons (Fsp3) is 0.472. The van der Waals surface area contributed by atoms with Crippen molar-refractivity contribution in [3.8, 4) is 5.75 Å². The zero-order valence-electron chi connectivity index (χ0n) is 65.2. The number of nitrogen functional groups attached to an aromatic ring is 1. The van der Waals surface area contributed by atoms with Crippen molar-refractivity contribution < 1.29 is 61.9 Å². The fourth-order valence-corrected chi connectivity index (χ4v) is 18.4. The lowest BCUT2D eigenvalue weighted by Crippen LogP contribution is -2.49. The zero-order valence-corrected chi connectivity index (χ0v) is 69.2. The zero-order chi connectivity index (χ0) is 79.6. The second kappa shape index (κ2) is 44.2. The number of carbonyl (C=O) groups excluding carboxylic acids is 5. The van der Waals surface area contributed by atoms with Gasteiger partial charge < -0.3 is 54.3 Å². The van der Waals surface area contributed by atoms with E-state index >= 15 is 0 Å². The van der Waals surface area contributed by atoms with Crippen molar-refractivity contribution in [2.45, 2.75) is 137 Å². The molecule has 6 aliphatic heterocycles. The molecule has 7 aromatic carbocycles. The molecule has 113 heavy (non-hydrogen) atoms. The van der Waals surface area contributed by atoms with E-state index < -0.39 is 0 Å². The van der Waals surface area contributed by atoms with Crippen LogP contribution in [0, 0.1) is 17.8 Å². The van der Waals surface area contributed by atoms with E-state index in [1.807, 2.05) is 146 Å². The molecule has 12 atom stereocenters. The van der Waals surface area contributed by atoms with Gasteiger partial charge in [0, 0.05) is 123 Å². The van der Waals surface area contributed by atoms with Crippen LogP contribution in [0.25, 0.3) is 0 Å². The predicted molar refractivity (Wildman–Crippen MR) is 452 cm³/mol. The molecule has 13 rings (SSSR count). The van der Waals surface area contributed by atoms with Crippen LogP contribution in [0.1, 0.15) is 114 Å². The summed E-state index contributed by atoms with van der Waals surface area (Å²) < 4.78 is 44.3. The van der Waals surface area contributed by atoms with Gasteiger partial charge in [0.2, 0.25) is 11.8 Å². The Morgan fingerprint density at radius 2 is 0.761 bits per heavy atom. The lowest BCUT2D eigenvalue weighted by molar-refractivity contribution is -0.154. The van der Waals surface area contributed by atoms with Crippen molar-refractivity contribution in [2.24, 2.45) is 17.8 Å². The summed E-state index contributed by atoms with van der Waals surface area (Å²) in [6, 6.07) is 56.9. The molecule has 19 nitrogen and oxygen atoms in total. The molecule has 0 spiro atoms. The standard InChI is InChI=1S/C37H45ClN2O6S.C29H37ClN2O5S.C23H27ClN2O2/c1-40-31-13-16-34(40)36(33(23-31)28-7-9-29(38)10-8-28)37(42)46-18-17-26-3-11-30(12-4-26)39-35(41)24-45-20-19-44-21-22-47-25-27-5-14-32(43-2)15-6-27;1-32-24-10-11-26(32)28(25(18-24)21-4-6-22(30)7-5-21)29(34)37-13-12-20-2-8-23(9-3-20)31-27(33)19-36-15-14-35-16-17-38;1-26-19-10-11-21(26)22(20(14-19)16-4-6-17(24)7-5-16)23(27)28-13-12-15-2-8-18(25)9-3-15/h3-12,14-15,31,33-34,36H,13,16-25H2,1-2H3,(H,39,41);2-9,24-26,28,38H,10-19H2,1H3,(H,31,33);2-9,19-22H,10-14,25H2,1H3. The minimum absolute atomic E-state index is 0.0307. The summed E-state index contributed by atoms with van der Waals surface area (Å²) in [4.78, 5) is 71.4. The molecular weight excluding hydrogens is 1530 g/mol. The first-order valence-electron chi connectivity index (χ1n) is 39.6. The number of anilines is 3. The second-order valence-corrected chi connectivity index (χ2v) is 33.0. The normalized spacial score (nSPS) is 22.9. The molecule has 6 aliphatic rings. The number of rotatable bonds is 35. The Morgan fingerprint density at radius 3 is 1.12 bits per heavy atom. The molecule has 0 radical (unpaired) electrons. The monoisotopic (exact) mass is 1640 g/mol. The van der Waals surface area contributed by atoms with Gasteiger partial charge in [-0.3, -0.25) is 38.7 Å². The summed E-state index contributed by atoms with van der Waals surface area (Å²) >= 11 is 24.2. The van der Waals surface area contributed by atoms with Gasteiger partial charge in [-0.2, -0.15) is 24.4 Å². The summed E-state index contributed by atoms with van der Waals surface area (Å²) in [7, 11) is 8.08. The van der Waals surface area contributed by atoms with E-state index in [9.17, 15) is 24.0 Å². The maximum atomic E-state index is 13.5. The first-order chi connectivity index (χ1) is 54.9. The minimum Gasteiger partial charge on any atom is -0.497 e. The number of nitrogens with two attached hydrogens (primary N) is 1. The third kappa shape index (κ3) is 25.2. The van der Waals surface area contributed by atoms with Crippen LogP contribution in [-0.4, -0.2) is 193 Å². The first-order valence-corrected chi connectivity index (χ1v) is 42.5. The van der Waals surface area contributed by atoms with Crippen molar-refractivity contribution in [1.82, 2.24) is 14.7 Å². The Bertz CT molecular complexity index is 4120. The molecule has 6 fully saturated rings. The molecule has 7 aromatic rings. The molecule has 6 heterocycles. The van der Waals surface area contributed by atoms with Crippen LogP contribution in [0.15, 0.2) is 170 Å². The quantitative estimate of drug-likeness (QED) is 0.00954. The van der Waals surface area contributed by atoms with E-state index in [0.29, 0.717) is 124 Å². The lowest BCUT2D eigenvalue weighted by Gasteiger charge is -2.42. The molecule has 606 valence electrons. The second-order valence-electron chi connectivity index (χ2n) is 30.1. The summed E-state index contributed by atoms with van der Waals surface area (Å²) in [6.45, 7) is 3.74. The number of esters is 3. The number of nitrogens with one attached hydrogen (secondary N) is 2. The number of benzene rings is 7.